The lowest BCUT2D eigenvalue weighted by Gasteiger charge is -2.10. The lowest BCUT2D eigenvalue weighted by atomic mass is 9.98. The molecule has 3 rings (SSSR count). The van der Waals surface area contributed by atoms with Gasteiger partial charge in [-0.2, -0.15) is 0 Å². The number of rotatable bonds is 7. The number of hydrogen-bond donors (Lipinski definition) is 2. The van der Waals surface area contributed by atoms with E-state index in [1.54, 1.807) is 0 Å². The number of allylic oxidation sites excluding steroid dienone is 1. The molecule has 0 spiro atoms. The zero-order valence-corrected chi connectivity index (χ0v) is 14.4. The summed E-state index contributed by atoms with van der Waals surface area (Å²) in [5, 5.41) is 13.2. The molecule has 0 amide bonds. The van der Waals surface area contributed by atoms with Crippen molar-refractivity contribution >= 4 is 5.71 Å². The topological polar surface area (TPSA) is 53.8 Å². The van der Waals surface area contributed by atoms with Crippen molar-refractivity contribution in [2.75, 3.05) is 6.61 Å². The van der Waals surface area contributed by atoms with Crippen molar-refractivity contribution in [3.63, 3.8) is 0 Å². The van der Waals surface area contributed by atoms with E-state index in [2.05, 4.69) is 65.7 Å². The average Bonchev–Trinajstić information content (AvgIpc) is 2.81. The van der Waals surface area contributed by atoms with E-state index in [0.717, 1.165) is 48.9 Å². The second kappa shape index (κ2) is 8.49. The van der Waals surface area contributed by atoms with Crippen molar-refractivity contribution in [1.82, 2.24) is 5.48 Å². The molecule has 0 heterocycles. The number of unbranched alkanes of at least 4 members (excludes halogenated alkanes) is 1. The Hall–Kier alpha value is -2.59. The molecule has 0 atom stereocenters. The standard InChI is InChI=1S/C21H24N2O2/c1-16(22-24)8-6-7-15-25-23-21-19-11-4-2-9-17(19)13-14-18-10-3-5-12-20(18)21/h2-5,9-12,22,24H,1,6-8,13-15H2. The maximum absolute atomic E-state index is 8.72. The van der Waals surface area contributed by atoms with Crippen molar-refractivity contribution in [3.05, 3.63) is 83.1 Å². The minimum atomic E-state index is 0.548. The van der Waals surface area contributed by atoms with E-state index in [0.29, 0.717) is 12.3 Å². The Bertz CT molecular complexity index is 718. The number of benzene rings is 2. The van der Waals surface area contributed by atoms with E-state index in [1.807, 2.05) is 0 Å². The first-order valence-electron chi connectivity index (χ1n) is 8.74. The number of hydrogen-bond acceptors (Lipinski definition) is 4. The normalized spacial score (nSPS) is 12.6. The number of oxime groups is 1. The van der Waals surface area contributed by atoms with Crippen LogP contribution in [0.1, 0.15) is 41.5 Å². The molecule has 2 aromatic carbocycles. The number of hydroxylamine groups is 1. The van der Waals surface area contributed by atoms with Crippen LogP contribution in [-0.4, -0.2) is 17.5 Å². The number of aryl methyl sites for hydroxylation is 2. The van der Waals surface area contributed by atoms with Crippen molar-refractivity contribution in [3.8, 4) is 0 Å². The van der Waals surface area contributed by atoms with Crippen LogP contribution in [0, 0.1) is 0 Å². The van der Waals surface area contributed by atoms with Crippen LogP contribution in [0.4, 0.5) is 0 Å². The van der Waals surface area contributed by atoms with Crippen LogP contribution in [0.15, 0.2) is 66.0 Å². The molecule has 0 aliphatic heterocycles. The van der Waals surface area contributed by atoms with Crippen LogP contribution in [0.5, 0.6) is 0 Å². The molecule has 0 radical (unpaired) electrons. The molecule has 130 valence electrons. The maximum atomic E-state index is 8.72. The van der Waals surface area contributed by atoms with Crippen LogP contribution in [0.3, 0.4) is 0 Å². The molecule has 1 aliphatic carbocycles. The molecular formula is C21H24N2O2. The minimum absolute atomic E-state index is 0.548. The van der Waals surface area contributed by atoms with E-state index >= 15 is 0 Å². The number of fused-ring (bicyclic) bond motifs is 2. The highest BCUT2D eigenvalue weighted by Gasteiger charge is 2.19. The van der Waals surface area contributed by atoms with Gasteiger partial charge in [-0.25, -0.2) is 0 Å². The molecule has 0 saturated heterocycles. The third-order valence-electron chi connectivity index (χ3n) is 4.49. The van der Waals surface area contributed by atoms with Gasteiger partial charge < -0.3 is 4.84 Å². The summed E-state index contributed by atoms with van der Waals surface area (Å²) in [6.45, 7) is 4.24. The lowest BCUT2D eigenvalue weighted by molar-refractivity contribution is 0.139. The Morgan fingerprint density at radius 3 is 2.20 bits per heavy atom. The van der Waals surface area contributed by atoms with Gasteiger partial charge in [0.25, 0.3) is 0 Å². The molecule has 4 heteroatoms. The Morgan fingerprint density at radius 1 is 1.00 bits per heavy atom. The lowest BCUT2D eigenvalue weighted by Crippen LogP contribution is -2.08. The molecular weight excluding hydrogens is 312 g/mol. The monoisotopic (exact) mass is 336 g/mol. The first kappa shape index (κ1) is 17.2. The van der Waals surface area contributed by atoms with Gasteiger partial charge in [0.1, 0.15) is 12.3 Å². The smallest absolute Gasteiger partial charge is 0.117 e. The molecule has 0 unspecified atom stereocenters. The van der Waals surface area contributed by atoms with Gasteiger partial charge in [-0.15, -0.1) is 0 Å². The van der Waals surface area contributed by atoms with Gasteiger partial charge in [0.05, 0.1) is 0 Å². The van der Waals surface area contributed by atoms with Gasteiger partial charge in [-0.1, -0.05) is 60.3 Å². The number of nitrogens with zero attached hydrogens (tertiary/aromatic N) is 1. The average molecular weight is 336 g/mol. The van der Waals surface area contributed by atoms with E-state index in [9.17, 15) is 0 Å². The fraction of sp³-hybridized carbons (Fsp3) is 0.286. The predicted molar refractivity (Wildman–Crippen MR) is 99.8 cm³/mol. The summed E-state index contributed by atoms with van der Waals surface area (Å²) in [5.41, 5.74) is 8.56. The van der Waals surface area contributed by atoms with E-state index in [4.69, 9.17) is 10.0 Å². The highest BCUT2D eigenvalue weighted by Crippen LogP contribution is 2.25. The van der Waals surface area contributed by atoms with Gasteiger partial charge in [0.2, 0.25) is 0 Å². The predicted octanol–water partition coefficient (Wildman–Crippen LogP) is 4.22. The van der Waals surface area contributed by atoms with Crippen molar-refractivity contribution in [1.29, 1.82) is 0 Å². The summed E-state index contributed by atoms with van der Waals surface area (Å²) in [6.07, 6.45) is 4.51. The van der Waals surface area contributed by atoms with Crippen LogP contribution < -0.4 is 5.48 Å². The van der Waals surface area contributed by atoms with Gasteiger partial charge in [0.15, 0.2) is 0 Å². The highest BCUT2D eigenvalue weighted by atomic mass is 16.6. The summed E-state index contributed by atoms with van der Waals surface area (Å²) >= 11 is 0. The Labute approximate surface area is 148 Å². The maximum Gasteiger partial charge on any atom is 0.117 e. The van der Waals surface area contributed by atoms with Crippen LogP contribution in [0.25, 0.3) is 0 Å². The van der Waals surface area contributed by atoms with Crippen molar-refractivity contribution < 1.29 is 10.0 Å². The Balaban J connectivity index is 1.74. The second-order valence-electron chi connectivity index (χ2n) is 6.26. The zero-order chi connectivity index (χ0) is 17.5. The van der Waals surface area contributed by atoms with Gasteiger partial charge >= 0.3 is 0 Å². The fourth-order valence-electron chi connectivity index (χ4n) is 3.12. The van der Waals surface area contributed by atoms with E-state index < -0.39 is 0 Å². The molecule has 0 aromatic heterocycles. The molecule has 0 bridgehead atoms. The number of nitrogens with one attached hydrogen (secondary N) is 1. The first-order chi connectivity index (χ1) is 12.3. The first-order valence-corrected chi connectivity index (χ1v) is 8.74. The molecule has 0 fully saturated rings. The summed E-state index contributed by atoms with van der Waals surface area (Å²) in [5.74, 6) is 0. The summed E-state index contributed by atoms with van der Waals surface area (Å²) in [6, 6.07) is 16.8. The van der Waals surface area contributed by atoms with Crippen LogP contribution in [-0.2, 0) is 17.7 Å². The fourth-order valence-corrected chi connectivity index (χ4v) is 3.12. The third kappa shape index (κ3) is 4.28. The molecule has 4 nitrogen and oxygen atoms in total. The summed E-state index contributed by atoms with van der Waals surface area (Å²) < 4.78 is 0. The Kier molecular flexibility index (Phi) is 5.86. The van der Waals surface area contributed by atoms with Gasteiger partial charge in [-0.3, -0.25) is 10.7 Å². The molecule has 25 heavy (non-hydrogen) atoms. The van der Waals surface area contributed by atoms with Gasteiger partial charge in [0, 0.05) is 16.8 Å². The molecule has 1 aliphatic rings. The molecule has 2 aromatic rings. The SMILES string of the molecule is C=C(CCCCON=C1c2ccccc2CCc2ccccc21)NO. The van der Waals surface area contributed by atoms with Crippen LogP contribution in [0.2, 0.25) is 0 Å². The molecule has 0 saturated carbocycles. The van der Waals surface area contributed by atoms with E-state index in [-0.39, 0.29) is 0 Å². The van der Waals surface area contributed by atoms with Crippen molar-refractivity contribution in [2.45, 2.75) is 32.1 Å². The van der Waals surface area contributed by atoms with Gasteiger partial charge in [-0.05, 0) is 43.2 Å². The molecule has 2 N–H and O–H groups in total. The highest BCUT2D eigenvalue weighted by molar-refractivity contribution is 6.14. The van der Waals surface area contributed by atoms with Crippen LogP contribution >= 0.6 is 0 Å². The van der Waals surface area contributed by atoms with E-state index in [1.165, 1.54) is 11.1 Å². The van der Waals surface area contributed by atoms with Crippen molar-refractivity contribution in [2.24, 2.45) is 5.16 Å². The minimum Gasteiger partial charge on any atom is -0.395 e. The third-order valence-corrected chi connectivity index (χ3v) is 4.49. The second-order valence-corrected chi connectivity index (χ2v) is 6.26. The summed E-state index contributed by atoms with van der Waals surface area (Å²) in [7, 11) is 0. The quantitative estimate of drug-likeness (QED) is 0.588. The zero-order valence-electron chi connectivity index (χ0n) is 14.4. The summed E-state index contributed by atoms with van der Waals surface area (Å²) in [4.78, 5) is 5.63. The Morgan fingerprint density at radius 2 is 1.60 bits per heavy atom. The largest absolute Gasteiger partial charge is 0.395 e.